The Morgan fingerprint density at radius 3 is 2.87 bits per heavy atom. The predicted molar refractivity (Wildman–Crippen MR) is 98.9 cm³/mol. The molecular weight excluding hydrogens is 330 g/mol. The van der Waals surface area contributed by atoms with Gasteiger partial charge in [-0.3, -0.25) is 5.43 Å². The van der Waals surface area contributed by atoms with E-state index in [0.717, 1.165) is 16.9 Å². The third kappa shape index (κ3) is 4.24. The maximum Gasteiger partial charge on any atom is 0.187 e. The molecule has 122 valence electrons. The van der Waals surface area contributed by atoms with Crippen molar-refractivity contribution in [1.29, 1.82) is 0 Å². The van der Waals surface area contributed by atoms with Crippen LogP contribution in [0.5, 0.6) is 5.75 Å². The molecule has 0 spiro atoms. The van der Waals surface area contributed by atoms with Gasteiger partial charge in [0.05, 0.1) is 11.2 Å². The lowest BCUT2D eigenvalue weighted by molar-refractivity contribution is 0.353. The van der Waals surface area contributed by atoms with E-state index < -0.39 is 0 Å². The highest BCUT2D eigenvalue weighted by Gasteiger charge is 2.17. The van der Waals surface area contributed by atoms with E-state index >= 15 is 0 Å². The van der Waals surface area contributed by atoms with Crippen LogP contribution in [-0.2, 0) is 0 Å². The van der Waals surface area contributed by atoms with E-state index in [9.17, 15) is 0 Å². The third-order valence-corrected chi connectivity index (χ3v) is 4.77. The normalized spacial score (nSPS) is 18.5. The first-order chi connectivity index (χ1) is 11.2. The third-order valence-electron chi connectivity index (χ3n) is 4.12. The van der Waals surface area contributed by atoms with Gasteiger partial charge < -0.3 is 10.1 Å². The summed E-state index contributed by atoms with van der Waals surface area (Å²) in [5.41, 5.74) is 4.59. The first kappa shape index (κ1) is 16.3. The molecule has 3 rings (SSSR count). The number of halogens is 1. The van der Waals surface area contributed by atoms with Gasteiger partial charge in [-0.15, -0.1) is 0 Å². The van der Waals surface area contributed by atoms with Crippen molar-refractivity contribution >= 4 is 40.2 Å². The van der Waals surface area contributed by atoms with E-state index in [1.54, 1.807) is 6.21 Å². The van der Waals surface area contributed by atoms with Crippen LogP contribution in [0.1, 0.15) is 37.7 Å². The summed E-state index contributed by atoms with van der Waals surface area (Å²) in [6.07, 6.45) is 7.88. The number of nitrogens with one attached hydrogen (secondary N) is 2. The number of thiocarbonyl (C=S) groups is 1. The summed E-state index contributed by atoms with van der Waals surface area (Å²) < 4.78 is 5.68. The predicted octanol–water partition coefficient (Wildman–Crippen LogP) is 3.81. The molecule has 1 fully saturated rings. The highest BCUT2D eigenvalue weighted by atomic mass is 35.5. The second kappa shape index (κ2) is 7.79. The number of nitrogens with zero attached hydrogens (tertiary/aromatic N) is 1. The highest BCUT2D eigenvalue weighted by Crippen LogP contribution is 2.34. The lowest BCUT2D eigenvalue weighted by Crippen LogP contribution is -2.40. The Bertz CT molecular complexity index is 638. The summed E-state index contributed by atoms with van der Waals surface area (Å²) in [5.74, 6) is 0.803. The molecule has 0 unspecified atom stereocenters. The quantitative estimate of drug-likeness (QED) is 0.495. The van der Waals surface area contributed by atoms with Crippen molar-refractivity contribution in [3.05, 3.63) is 35.4 Å². The minimum absolute atomic E-state index is 0.407. The van der Waals surface area contributed by atoms with Crippen molar-refractivity contribution in [2.75, 3.05) is 6.61 Å². The number of benzene rings is 1. The zero-order valence-electron chi connectivity index (χ0n) is 12.8. The van der Waals surface area contributed by atoms with E-state index in [-0.39, 0.29) is 0 Å². The molecule has 0 atom stereocenters. The Morgan fingerprint density at radius 2 is 2.04 bits per heavy atom. The molecule has 1 saturated carbocycles. The highest BCUT2D eigenvalue weighted by molar-refractivity contribution is 7.80. The van der Waals surface area contributed by atoms with Crippen molar-refractivity contribution in [3.8, 4) is 5.75 Å². The lowest BCUT2D eigenvalue weighted by Gasteiger charge is -2.23. The van der Waals surface area contributed by atoms with Crippen molar-refractivity contribution in [2.45, 2.75) is 38.1 Å². The summed E-state index contributed by atoms with van der Waals surface area (Å²) in [4.78, 5) is 0. The van der Waals surface area contributed by atoms with Crippen molar-refractivity contribution in [2.24, 2.45) is 5.10 Å². The van der Waals surface area contributed by atoms with Gasteiger partial charge >= 0.3 is 0 Å². The maximum absolute atomic E-state index is 6.42. The van der Waals surface area contributed by atoms with E-state index in [0.29, 0.717) is 22.8 Å². The van der Waals surface area contributed by atoms with Crippen molar-refractivity contribution in [3.63, 3.8) is 0 Å². The fraction of sp³-hybridized carbons (Fsp3) is 0.412. The molecule has 0 bridgehead atoms. The Balaban J connectivity index is 1.56. The summed E-state index contributed by atoms with van der Waals surface area (Å²) in [6.45, 7) is 0.407. The molecule has 1 aliphatic carbocycles. The molecule has 0 amide bonds. The Labute approximate surface area is 146 Å². The number of hydrazone groups is 1. The van der Waals surface area contributed by atoms with Crippen LogP contribution in [0.25, 0.3) is 5.03 Å². The molecule has 1 heterocycles. The van der Waals surface area contributed by atoms with Crippen LogP contribution in [-0.4, -0.2) is 24.0 Å². The Kier molecular flexibility index (Phi) is 5.51. The summed E-state index contributed by atoms with van der Waals surface area (Å²) in [5, 5.41) is 8.72. The van der Waals surface area contributed by atoms with E-state index in [1.807, 2.05) is 24.3 Å². The molecule has 1 aromatic carbocycles. The monoisotopic (exact) mass is 349 g/mol. The van der Waals surface area contributed by atoms with Gasteiger partial charge in [0, 0.05) is 17.2 Å². The fourth-order valence-corrected chi connectivity index (χ4v) is 3.37. The van der Waals surface area contributed by atoms with E-state index in [1.165, 1.54) is 32.1 Å². The second-order valence-corrected chi connectivity index (χ2v) is 6.59. The molecule has 0 saturated heterocycles. The van der Waals surface area contributed by atoms with Crippen LogP contribution >= 0.6 is 23.8 Å². The Hall–Kier alpha value is -1.59. The van der Waals surface area contributed by atoms with Crippen LogP contribution in [0.2, 0.25) is 0 Å². The zero-order chi connectivity index (χ0) is 16.1. The van der Waals surface area contributed by atoms with E-state index in [4.69, 9.17) is 28.6 Å². The largest absolute Gasteiger partial charge is 0.488 e. The van der Waals surface area contributed by atoms with Crippen LogP contribution < -0.4 is 15.5 Å². The average molecular weight is 350 g/mol. The standard InChI is InChI=1S/C17H20ClN3OS/c18-16-12(11-22-15-9-5-4-8-14(15)16)10-19-21-17(23)20-13-6-2-1-3-7-13/h4-5,8-10,13H,1-3,6-7,11H2,(H2,20,21,23)/b19-10+. The van der Waals surface area contributed by atoms with Gasteiger partial charge in [0.15, 0.2) is 5.11 Å². The van der Waals surface area contributed by atoms with Gasteiger partial charge in [-0.25, -0.2) is 0 Å². The van der Waals surface area contributed by atoms with Gasteiger partial charge in [-0.2, -0.15) is 5.10 Å². The molecule has 1 aromatic rings. The molecule has 2 aliphatic rings. The minimum Gasteiger partial charge on any atom is -0.488 e. The number of hydrogen-bond donors (Lipinski definition) is 2. The molecule has 6 heteroatoms. The topological polar surface area (TPSA) is 45.7 Å². The second-order valence-electron chi connectivity index (χ2n) is 5.80. The van der Waals surface area contributed by atoms with Gasteiger partial charge in [-0.05, 0) is 37.2 Å². The van der Waals surface area contributed by atoms with Crippen LogP contribution in [0.4, 0.5) is 0 Å². The average Bonchev–Trinajstić information content (AvgIpc) is 2.58. The molecule has 0 radical (unpaired) electrons. The maximum atomic E-state index is 6.42. The molecule has 23 heavy (non-hydrogen) atoms. The van der Waals surface area contributed by atoms with Crippen LogP contribution in [0.15, 0.2) is 34.9 Å². The van der Waals surface area contributed by atoms with Gasteiger partial charge in [0.1, 0.15) is 12.4 Å². The molecular formula is C17H20ClN3OS. The molecule has 0 aromatic heterocycles. The summed E-state index contributed by atoms with van der Waals surface area (Å²) in [7, 11) is 0. The van der Waals surface area contributed by atoms with Crippen LogP contribution in [0.3, 0.4) is 0 Å². The number of hydrogen-bond acceptors (Lipinski definition) is 3. The van der Waals surface area contributed by atoms with Gasteiger partial charge in [0.2, 0.25) is 0 Å². The zero-order valence-corrected chi connectivity index (χ0v) is 14.4. The number of ether oxygens (including phenoxy) is 1. The first-order valence-corrected chi connectivity index (χ1v) is 8.73. The number of fused-ring (bicyclic) bond motifs is 1. The summed E-state index contributed by atoms with van der Waals surface area (Å²) >= 11 is 11.7. The lowest BCUT2D eigenvalue weighted by atomic mass is 9.96. The SMILES string of the molecule is S=C(N/N=C/C1=C(Cl)c2ccccc2OC1)NC1CCCCC1. The minimum atomic E-state index is 0.407. The fourth-order valence-electron chi connectivity index (χ4n) is 2.89. The number of rotatable bonds is 3. The smallest absolute Gasteiger partial charge is 0.187 e. The first-order valence-electron chi connectivity index (χ1n) is 7.94. The van der Waals surface area contributed by atoms with Crippen LogP contribution in [0, 0.1) is 0 Å². The van der Waals surface area contributed by atoms with Crippen molar-refractivity contribution < 1.29 is 4.74 Å². The van der Waals surface area contributed by atoms with E-state index in [2.05, 4.69) is 15.8 Å². The molecule has 2 N–H and O–H groups in total. The van der Waals surface area contributed by atoms with Gasteiger partial charge in [0.25, 0.3) is 0 Å². The van der Waals surface area contributed by atoms with Gasteiger partial charge in [-0.1, -0.05) is 43.0 Å². The molecule has 4 nitrogen and oxygen atoms in total. The molecule has 1 aliphatic heterocycles. The van der Waals surface area contributed by atoms with Crippen molar-refractivity contribution in [1.82, 2.24) is 10.7 Å². The summed E-state index contributed by atoms with van der Waals surface area (Å²) in [6, 6.07) is 8.18. The number of para-hydroxylation sites is 1. The Morgan fingerprint density at radius 1 is 1.26 bits per heavy atom.